The Morgan fingerprint density at radius 2 is 1.21 bits per heavy atom. The molecule has 2 unspecified atom stereocenters. The van der Waals surface area contributed by atoms with Crippen molar-refractivity contribution in [2.75, 3.05) is 13.1 Å². The molecule has 2 heterocycles. The van der Waals surface area contributed by atoms with Gasteiger partial charge in [-0.25, -0.2) is 9.59 Å². The van der Waals surface area contributed by atoms with E-state index >= 15 is 0 Å². The first-order valence-electron chi connectivity index (χ1n) is 8.73. The van der Waals surface area contributed by atoms with Crippen LogP contribution >= 0.6 is 0 Å². The summed E-state index contributed by atoms with van der Waals surface area (Å²) in [6, 6.07) is 0.0985. The lowest BCUT2D eigenvalue weighted by Crippen LogP contribution is -2.49. The third-order valence-electron chi connectivity index (χ3n) is 4.68. The van der Waals surface area contributed by atoms with Gasteiger partial charge in [0.1, 0.15) is 0 Å². The fourth-order valence-corrected chi connectivity index (χ4v) is 3.01. The fraction of sp³-hybridized carbons (Fsp3) is 0.875. The molecule has 0 aliphatic carbocycles. The zero-order valence-electron chi connectivity index (χ0n) is 14.4. The van der Waals surface area contributed by atoms with Gasteiger partial charge in [-0.3, -0.25) is 0 Å². The summed E-state index contributed by atoms with van der Waals surface area (Å²) in [5.41, 5.74) is 0. The van der Waals surface area contributed by atoms with E-state index in [9.17, 15) is 19.8 Å². The van der Waals surface area contributed by atoms with Crippen LogP contribution in [-0.2, 0) is 19.3 Å². The van der Waals surface area contributed by atoms with Crippen LogP contribution < -0.4 is 0 Å². The molecule has 2 aliphatic rings. The van der Waals surface area contributed by atoms with Crippen LogP contribution in [0.5, 0.6) is 0 Å². The van der Waals surface area contributed by atoms with Gasteiger partial charge in [-0.1, -0.05) is 12.8 Å². The molecule has 8 heteroatoms. The van der Waals surface area contributed by atoms with Crippen LogP contribution in [0.25, 0.3) is 0 Å². The van der Waals surface area contributed by atoms with Crippen molar-refractivity contribution in [2.45, 2.75) is 76.7 Å². The van der Waals surface area contributed by atoms with Crippen molar-refractivity contribution in [1.82, 2.24) is 10.1 Å². The van der Waals surface area contributed by atoms with Gasteiger partial charge < -0.3 is 19.9 Å². The monoisotopic (exact) mass is 344 g/mol. The Morgan fingerprint density at radius 3 is 1.54 bits per heavy atom. The minimum absolute atomic E-state index is 0.0493. The maximum absolute atomic E-state index is 12.0. The zero-order valence-corrected chi connectivity index (χ0v) is 14.4. The summed E-state index contributed by atoms with van der Waals surface area (Å²) in [7, 11) is 0. The van der Waals surface area contributed by atoms with Crippen LogP contribution in [0.3, 0.4) is 0 Å². The van der Waals surface area contributed by atoms with Crippen LogP contribution in [0.1, 0.15) is 52.4 Å². The Morgan fingerprint density at radius 1 is 0.833 bits per heavy atom. The first-order chi connectivity index (χ1) is 11.4. The highest BCUT2D eigenvalue weighted by atomic mass is 16.7. The topological polar surface area (TPSA) is 99.5 Å². The molecule has 0 amide bonds. The van der Waals surface area contributed by atoms with E-state index in [2.05, 4.69) is 0 Å². The van der Waals surface area contributed by atoms with Gasteiger partial charge in [0.25, 0.3) is 0 Å². The molecule has 24 heavy (non-hydrogen) atoms. The van der Waals surface area contributed by atoms with Gasteiger partial charge in [-0.2, -0.15) is 0 Å². The van der Waals surface area contributed by atoms with Gasteiger partial charge in [0.2, 0.25) is 0 Å². The summed E-state index contributed by atoms with van der Waals surface area (Å²) >= 11 is 0. The van der Waals surface area contributed by atoms with E-state index in [4.69, 9.17) is 9.68 Å². The van der Waals surface area contributed by atoms with Crippen molar-refractivity contribution in [2.24, 2.45) is 0 Å². The van der Waals surface area contributed by atoms with E-state index in [1.54, 1.807) is 0 Å². The second-order valence-electron chi connectivity index (χ2n) is 6.68. The first-order valence-corrected chi connectivity index (χ1v) is 8.73. The van der Waals surface area contributed by atoms with E-state index in [-0.39, 0.29) is 12.1 Å². The molecule has 0 spiro atoms. The number of aliphatic hydroxyl groups is 2. The molecule has 2 fully saturated rings. The van der Waals surface area contributed by atoms with Crippen LogP contribution in [0, 0.1) is 0 Å². The van der Waals surface area contributed by atoms with E-state index < -0.39 is 24.1 Å². The number of carbonyl (C=O) groups is 2. The Labute approximate surface area is 142 Å². The standard InChI is InChI=1S/C16H28N2O6/c1-11-7-3-5-9-17(11)23-15(21)13(19)14(20)16(22)24-18-10-6-4-8-12(18)2/h11-14,19-20H,3-10H2,1-2H3/t11-,12-,13?,14?/m0/s1. The van der Waals surface area contributed by atoms with Crippen molar-refractivity contribution >= 4 is 11.9 Å². The first kappa shape index (κ1) is 19.1. The maximum Gasteiger partial charge on any atom is 0.357 e. The molecule has 0 aromatic heterocycles. The summed E-state index contributed by atoms with van der Waals surface area (Å²) in [4.78, 5) is 34.1. The normalized spacial score (nSPS) is 28.8. The van der Waals surface area contributed by atoms with Crippen molar-refractivity contribution < 1.29 is 29.5 Å². The average molecular weight is 344 g/mol. The number of hydrogen-bond donors (Lipinski definition) is 2. The molecule has 0 bridgehead atoms. The van der Waals surface area contributed by atoms with Crippen molar-refractivity contribution in [3.05, 3.63) is 0 Å². The van der Waals surface area contributed by atoms with Crippen LogP contribution in [-0.4, -0.2) is 69.7 Å². The highest BCUT2D eigenvalue weighted by Gasteiger charge is 2.37. The fourth-order valence-electron chi connectivity index (χ4n) is 3.01. The van der Waals surface area contributed by atoms with E-state index in [0.717, 1.165) is 38.5 Å². The molecule has 4 atom stereocenters. The SMILES string of the molecule is C[C@H]1CCCCN1OC(=O)C(O)C(O)C(=O)ON1CCCC[C@@H]1C. The zero-order chi connectivity index (χ0) is 17.7. The van der Waals surface area contributed by atoms with Crippen molar-refractivity contribution in [1.29, 1.82) is 0 Å². The molecule has 2 saturated heterocycles. The number of rotatable bonds is 5. The molecule has 138 valence electrons. The predicted molar refractivity (Wildman–Crippen MR) is 84.2 cm³/mol. The molecule has 0 radical (unpaired) electrons. The van der Waals surface area contributed by atoms with Gasteiger partial charge in [0.05, 0.1) is 0 Å². The minimum atomic E-state index is -1.97. The van der Waals surface area contributed by atoms with Crippen molar-refractivity contribution in [3.63, 3.8) is 0 Å². The lowest BCUT2D eigenvalue weighted by Gasteiger charge is -2.33. The molecule has 2 aliphatic heterocycles. The molecular weight excluding hydrogens is 316 g/mol. The van der Waals surface area contributed by atoms with Gasteiger partial charge in [-0.15, -0.1) is 10.1 Å². The summed E-state index contributed by atoms with van der Waals surface area (Å²) in [6.07, 6.45) is 1.75. The van der Waals surface area contributed by atoms with E-state index in [1.807, 2.05) is 13.8 Å². The number of hydroxylamine groups is 4. The Kier molecular flexibility index (Phi) is 6.97. The number of aliphatic hydroxyl groups excluding tert-OH is 2. The summed E-state index contributed by atoms with van der Waals surface area (Å²) in [5.74, 6) is -2.08. The Balaban J connectivity index is 1.84. The van der Waals surface area contributed by atoms with Crippen LogP contribution in [0.4, 0.5) is 0 Å². The molecule has 0 aromatic carbocycles. The number of hydrogen-bond acceptors (Lipinski definition) is 8. The summed E-state index contributed by atoms with van der Waals surface area (Å²) in [5, 5.41) is 22.8. The lowest BCUT2D eigenvalue weighted by atomic mass is 10.1. The largest absolute Gasteiger partial charge is 0.379 e. The summed E-state index contributed by atoms with van der Waals surface area (Å²) < 4.78 is 0. The molecule has 2 N–H and O–H groups in total. The van der Waals surface area contributed by atoms with Gasteiger partial charge in [0, 0.05) is 25.2 Å². The molecule has 0 saturated carbocycles. The van der Waals surface area contributed by atoms with Gasteiger partial charge in [-0.05, 0) is 39.5 Å². The molecule has 2 rings (SSSR count). The minimum Gasteiger partial charge on any atom is -0.379 e. The molecule has 8 nitrogen and oxygen atoms in total. The third kappa shape index (κ3) is 4.89. The number of piperidine rings is 2. The van der Waals surface area contributed by atoms with Gasteiger partial charge in [0.15, 0.2) is 12.2 Å². The van der Waals surface area contributed by atoms with Crippen LogP contribution in [0.2, 0.25) is 0 Å². The second-order valence-corrected chi connectivity index (χ2v) is 6.68. The van der Waals surface area contributed by atoms with E-state index in [0.29, 0.717) is 13.1 Å². The Hall–Kier alpha value is -1.22. The highest BCUT2D eigenvalue weighted by molar-refractivity contribution is 5.85. The maximum atomic E-state index is 12.0. The molecular formula is C16H28N2O6. The lowest BCUT2D eigenvalue weighted by molar-refractivity contribution is -0.231. The van der Waals surface area contributed by atoms with E-state index in [1.165, 1.54) is 10.1 Å². The highest BCUT2D eigenvalue weighted by Crippen LogP contribution is 2.19. The second kappa shape index (κ2) is 8.75. The number of nitrogens with zero attached hydrogens (tertiary/aromatic N) is 2. The average Bonchev–Trinajstić information content (AvgIpc) is 2.57. The quantitative estimate of drug-likeness (QED) is 0.738. The van der Waals surface area contributed by atoms with Crippen LogP contribution in [0.15, 0.2) is 0 Å². The van der Waals surface area contributed by atoms with Crippen molar-refractivity contribution in [3.8, 4) is 0 Å². The third-order valence-corrected chi connectivity index (χ3v) is 4.68. The smallest absolute Gasteiger partial charge is 0.357 e. The van der Waals surface area contributed by atoms with Gasteiger partial charge >= 0.3 is 11.9 Å². The molecule has 0 aromatic rings. The Bertz CT molecular complexity index is 406. The summed E-state index contributed by atoms with van der Waals surface area (Å²) in [6.45, 7) is 4.99. The number of carbonyl (C=O) groups excluding carboxylic acids is 2. The predicted octanol–water partition coefficient (Wildman–Crippen LogP) is 0.373.